The van der Waals surface area contributed by atoms with Crippen molar-refractivity contribution in [2.24, 2.45) is 0 Å². The van der Waals surface area contributed by atoms with Crippen LogP contribution in [-0.2, 0) is 6.42 Å². The summed E-state index contributed by atoms with van der Waals surface area (Å²) in [6, 6.07) is 11.8. The minimum absolute atomic E-state index is 0.0627. The van der Waals surface area contributed by atoms with Crippen LogP contribution in [0.1, 0.15) is 67.8 Å². The summed E-state index contributed by atoms with van der Waals surface area (Å²) in [5.74, 6) is -0.0627. The van der Waals surface area contributed by atoms with Gasteiger partial charge in [-0.15, -0.1) is 0 Å². The van der Waals surface area contributed by atoms with Crippen LogP contribution >= 0.6 is 0 Å². The Labute approximate surface area is 164 Å². The molecule has 2 aromatic carbocycles. The monoisotopic (exact) mass is 377 g/mol. The van der Waals surface area contributed by atoms with Crippen molar-refractivity contribution in [3.05, 3.63) is 58.8 Å². The smallest absolute Gasteiger partial charge is 0.252 e. The second-order valence-corrected chi connectivity index (χ2v) is 6.07. The average molecular weight is 377 g/mol. The van der Waals surface area contributed by atoms with Crippen LogP contribution in [0.15, 0.2) is 36.4 Å². The van der Waals surface area contributed by atoms with E-state index >= 15 is 0 Å². The van der Waals surface area contributed by atoms with Gasteiger partial charge in [0.1, 0.15) is 11.0 Å². The SMILES string of the molecule is CC.CC.CCc1[nH]c2ccccc2c1C1NC(=O)c2cc3n[nH]nc3cc21. The van der Waals surface area contributed by atoms with Crippen molar-refractivity contribution in [3.8, 4) is 0 Å². The molecule has 0 saturated carbocycles. The van der Waals surface area contributed by atoms with Crippen LogP contribution in [0.25, 0.3) is 21.9 Å². The highest BCUT2D eigenvalue weighted by Gasteiger charge is 2.33. The molecule has 5 rings (SSSR count). The summed E-state index contributed by atoms with van der Waals surface area (Å²) in [6.07, 6.45) is 0.873. The molecule has 1 aliphatic heterocycles. The van der Waals surface area contributed by atoms with Crippen LogP contribution in [0.4, 0.5) is 0 Å². The number of hydrogen-bond acceptors (Lipinski definition) is 3. The number of nitrogens with zero attached hydrogens (tertiary/aromatic N) is 2. The molecule has 3 heterocycles. The highest BCUT2D eigenvalue weighted by molar-refractivity contribution is 6.03. The van der Waals surface area contributed by atoms with Crippen LogP contribution < -0.4 is 5.32 Å². The molecule has 3 N–H and O–H groups in total. The van der Waals surface area contributed by atoms with E-state index in [4.69, 9.17) is 0 Å². The number of benzene rings is 2. The first-order chi connectivity index (χ1) is 13.8. The second-order valence-electron chi connectivity index (χ2n) is 6.07. The molecule has 4 aromatic rings. The average Bonchev–Trinajstić information content (AvgIpc) is 3.44. The lowest BCUT2D eigenvalue weighted by Crippen LogP contribution is -2.20. The predicted molar refractivity (Wildman–Crippen MR) is 114 cm³/mol. The number of nitrogens with one attached hydrogen (secondary N) is 3. The van der Waals surface area contributed by atoms with Crippen molar-refractivity contribution in [3.63, 3.8) is 0 Å². The Morgan fingerprint density at radius 2 is 1.68 bits per heavy atom. The molecule has 28 heavy (non-hydrogen) atoms. The maximum atomic E-state index is 12.5. The van der Waals surface area contributed by atoms with E-state index in [1.165, 1.54) is 0 Å². The van der Waals surface area contributed by atoms with Crippen molar-refractivity contribution in [1.29, 1.82) is 0 Å². The van der Waals surface area contributed by atoms with Gasteiger partial charge in [-0.2, -0.15) is 15.4 Å². The molecule has 1 aliphatic rings. The number of hydrogen-bond donors (Lipinski definition) is 3. The number of carbonyl (C=O) groups is 1. The third kappa shape index (κ3) is 3.05. The molecular weight excluding hydrogens is 350 g/mol. The Balaban J connectivity index is 0.000000531. The molecule has 0 aliphatic carbocycles. The Morgan fingerprint density at radius 3 is 2.39 bits per heavy atom. The minimum atomic E-state index is -0.167. The summed E-state index contributed by atoms with van der Waals surface area (Å²) >= 11 is 0. The molecule has 6 nitrogen and oxygen atoms in total. The van der Waals surface area contributed by atoms with Gasteiger partial charge in [-0.1, -0.05) is 52.8 Å². The summed E-state index contributed by atoms with van der Waals surface area (Å²) < 4.78 is 0. The summed E-state index contributed by atoms with van der Waals surface area (Å²) in [5.41, 5.74) is 6.49. The summed E-state index contributed by atoms with van der Waals surface area (Å²) in [6.45, 7) is 10.1. The van der Waals surface area contributed by atoms with Gasteiger partial charge >= 0.3 is 0 Å². The number of amides is 1. The minimum Gasteiger partial charge on any atom is -0.358 e. The van der Waals surface area contributed by atoms with Crippen LogP contribution in [-0.4, -0.2) is 26.3 Å². The van der Waals surface area contributed by atoms with Gasteiger partial charge in [0.05, 0.1) is 6.04 Å². The highest BCUT2D eigenvalue weighted by atomic mass is 16.2. The van der Waals surface area contributed by atoms with Crippen LogP contribution in [0.3, 0.4) is 0 Å². The first-order valence-electron chi connectivity index (χ1n) is 10.0. The number of aryl methyl sites for hydroxylation is 1. The number of H-pyrrole nitrogens is 2. The summed E-state index contributed by atoms with van der Waals surface area (Å²) in [5, 5.41) is 15.1. The Bertz CT molecular complexity index is 1110. The number of para-hydroxylation sites is 1. The van der Waals surface area contributed by atoms with E-state index in [0.29, 0.717) is 11.1 Å². The van der Waals surface area contributed by atoms with Crippen LogP contribution in [0.5, 0.6) is 0 Å². The Morgan fingerprint density at radius 1 is 1.00 bits per heavy atom. The first kappa shape index (κ1) is 19.6. The standard InChI is InChI=1S/C18H15N5O.2C2H6/c1-2-12-16(9-5-3-4-6-13(9)19-12)17-10-7-14-15(22-23-21-14)8-11(10)18(24)20-17;2*1-2/h3-8,17,19H,2H2,1H3,(H,20,24)(H,21,22,23);2*1-2H3. The number of carbonyl (C=O) groups excluding carboxylic acids is 1. The largest absolute Gasteiger partial charge is 0.358 e. The van der Waals surface area contributed by atoms with E-state index < -0.39 is 0 Å². The molecule has 1 unspecified atom stereocenters. The van der Waals surface area contributed by atoms with Gasteiger partial charge in [0, 0.05) is 27.7 Å². The van der Waals surface area contributed by atoms with Crippen molar-refractivity contribution < 1.29 is 4.79 Å². The molecule has 0 radical (unpaired) electrons. The first-order valence-corrected chi connectivity index (χ1v) is 10.0. The zero-order valence-electron chi connectivity index (χ0n) is 17.1. The van der Waals surface area contributed by atoms with Crippen molar-refractivity contribution in [1.82, 2.24) is 25.7 Å². The lowest BCUT2D eigenvalue weighted by molar-refractivity contribution is 0.0960. The maximum absolute atomic E-state index is 12.5. The van der Waals surface area contributed by atoms with Crippen LogP contribution in [0, 0.1) is 0 Å². The third-order valence-corrected chi connectivity index (χ3v) is 4.79. The van der Waals surface area contributed by atoms with Crippen molar-refractivity contribution in [2.75, 3.05) is 0 Å². The molecule has 6 heteroatoms. The molecule has 1 amide bonds. The van der Waals surface area contributed by atoms with Gasteiger partial charge in [0.15, 0.2) is 0 Å². The van der Waals surface area contributed by atoms with E-state index in [0.717, 1.165) is 39.7 Å². The second kappa shape index (κ2) is 8.25. The molecule has 146 valence electrons. The van der Waals surface area contributed by atoms with E-state index in [9.17, 15) is 4.79 Å². The fourth-order valence-corrected chi connectivity index (χ4v) is 3.68. The van der Waals surface area contributed by atoms with Crippen molar-refractivity contribution in [2.45, 2.75) is 47.1 Å². The lowest BCUT2D eigenvalue weighted by atomic mass is 9.95. The van der Waals surface area contributed by atoms with Gasteiger partial charge in [-0.3, -0.25) is 4.79 Å². The fourth-order valence-electron chi connectivity index (χ4n) is 3.68. The summed E-state index contributed by atoms with van der Waals surface area (Å²) in [4.78, 5) is 16.0. The third-order valence-electron chi connectivity index (χ3n) is 4.79. The molecule has 2 aromatic heterocycles. The van der Waals surface area contributed by atoms with Gasteiger partial charge in [0.25, 0.3) is 5.91 Å². The molecule has 1 atom stereocenters. The van der Waals surface area contributed by atoms with Crippen LogP contribution in [0.2, 0.25) is 0 Å². The lowest BCUT2D eigenvalue weighted by Gasteiger charge is -2.13. The summed E-state index contributed by atoms with van der Waals surface area (Å²) in [7, 11) is 0. The van der Waals surface area contributed by atoms with E-state index in [1.807, 2.05) is 52.0 Å². The predicted octanol–water partition coefficient (Wildman–Crippen LogP) is 4.89. The fraction of sp³-hybridized carbons (Fsp3) is 0.318. The Kier molecular flexibility index (Phi) is 5.78. The number of fused-ring (bicyclic) bond motifs is 3. The molecule has 0 bridgehead atoms. The number of aromatic amines is 2. The van der Waals surface area contributed by atoms with Gasteiger partial charge in [0.2, 0.25) is 0 Å². The number of rotatable bonds is 2. The Hall–Kier alpha value is -3.15. The quantitative estimate of drug-likeness (QED) is 0.465. The molecule has 0 spiro atoms. The van der Waals surface area contributed by atoms with E-state index in [-0.39, 0.29) is 11.9 Å². The van der Waals surface area contributed by atoms with Gasteiger partial charge in [-0.05, 0) is 30.2 Å². The molecule has 0 fully saturated rings. The zero-order chi connectivity index (χ0) is 20.3. The van der Waals surface area contributed by atoms with Gasteiger partial charge < -0.3 is 10.3 Å². The number of aromatic nitrogens is 4. The van der Waals surface area contributed by atoms with Gasteiger partial charge in [-0.25, -0.2) is 0 Å². The molecular formula is C22H27N5O. The van der Waals surface area contributed by atoms with E-state index in [2.05, 4.69) is 44.8 Å². The zero-order valence-corrected chi connectivity index (χ0v) is 17.1. The van der Waals surface area contributed by atoms with E-state index in [1.54, 1.807) is 0 Å². The highest BCUT2D eigenvalue weighted by Crippen LogP contribution is 2.38. The normalized spacial score (nSPS) is 14.8. The maximum Gasteiger partial charge on any atom is 0.252 e. The van der Waals surface area contributed by atoms with Crippen molar-refractivity contribution >= 4 is 27.8 Å². The molecule has 0 saturated heterocycles. The topological polar surface area (TPSA) is 86.5 Å².